The van der Waals surface area contributed by atoms with Crippen LogP contribution >= 0.6 is 0 Å². The van der Waals surface area contributed by atoms with E-state index in [9.17, 15) is 5.11 Å². The van der Waals surface area contributed by atoms with Crippen molar-refractivity contribution in [1.82, 2.24) is 5.32 Å². The first-order valence-electron chi connectivity index (χ1n) is 4.14. The van der Waals surface area contributed by atoms with Crippen LogP contribution in [0.5, 0.6) is 0 Å². The Bertz CT molecular complexity index is 98.8. The van der Waals surface area contributed by atoms with Crippen molar-refractivity contribution < 1.29 is 5.11 Å². The monoisotopic (exact) mass is 160 g/mol. The SMILES string of the molecule is CC(NCCCN)C(C)(C)O. The van der Waals surface area contributed by atoms with E-state index < -0.39 is 5.60 Å². The number of rotatable bonds is 5. The number of hydrogen-bond donors (Lipinski definition) is 3. The van der Waals surface area contributed by atoms with Gasteiger partial charge in [-0.1, -0.05) is 0 Å². The van der Waals surface area contributed by atoms with Gasteiger partial charge < -0.3 is 16.2 Å². The van der Waals surface area contributed by atoms with Gasteiger partial charge in [-0.3, -0.25) is 0 Å². The van der Waals surface area contributed by atoms with Gasteiger partial charge in [0.05, 0.1) is 5.60 Å². The minimum absolute atomic E-state index is 0.119. The Hall–Kier alpha value is -0.120. The average molecular weight is 160 g/mol. The van der Waals surface area contributed by atoms with Crippen LogP contribution in [0.25, 0.3) is 0 Å². The summed E-state index contributed by atoms with van der Waals surface area (Å²) < 4.78 is 0. The summed E-state index contributed by atoms with van der Waals surface area (Å²) in [4.78, 5) is 0. The maximum Gasteiger partial charge on any atom is 0.0741 e. The van der Waals surface area contributed by atoms with Crippen molar-refractivity contribution in [1.29, 1.82) is 0 Å². The molecule has 0 heterocycles. The third-order valence-corrected chi connectivity index (χ3v) is 1.89. The molecule has 0 bridgehead atoms. The highest BCUT2D eigenvalue weighted by Gasteiger charge is 2.20. The van der Waals surface area contributed by atoms with Gasteiger partial charge in [0.25, 0.3) is 0 Å². The van der Waals surface area contributed by atoms with Crippen molar-refractivity contribution in [2.24, 2.45) is 5.73 Å². The standard InChI is InChI=1S/C8H20N2O/c1-7(8(2,3)11)10-6-4-5-9/h7,10-11H,4-6,9H2,1-3H3. The summed E-state index contributed by atoms with van der Waals surface area (Å²) in [6.45, 7) is 7.14. The summed E-state index contributed by atoms with van der Waals surface area (Å²) in [6, 6.07) is 0.119. The summed E-state index contributed by atoms with van der Waals surface area (Å²) in [7, 11) is 0. The normalized spacial score (nSPS) is 15.0. The first-order chi connectivity index (χ1) is 4.98. The zero-order valence-corrected chi connectivity index (χ0v) is 7.72. The van der Waals surface area contributed by atoms with Gasteiger partial charge in [-0.15, -0.1) is 0 Å². The number of nitrogens with two attached hydrogens (primary N) is 1. The van der Waals surface area contributed by atoms with Crippen LogP contribution in [-0.2, 0) is 0 Å². The zero-order valence-electron chi connectivity index (χ0n) is 7.72. The largest absolute Gasteiger partial charge is 0.389 e. The highest BCUT2D eigenvalue weighted by molar-refractivity contribution is 4.79. The number of hydrogen-bond acceptors (Lipinski definition) is 3. The van der Waals surface area contributed by atoms with Crippen LogP contribution in [0.4, 0.5) is 0 Å². The van der Waals surface area contributed by atoms with Gasteiger partial charge in [0, 0.05) is 6.04 Å². The molecule has 3 nitrogen and oxygen atoms in total. The molecule has 0 saturated carbocycles. The Kier molecular flexibility index (Phi) is 4.65. The van der Waals surface area contributed by atoms with Gasteiger partial charge in [0.2, 0.25) is 0 Å². The first kappa shape index (κ1) is 10.9. The predicted molar refractivity (Wildman–Crippen MR) is 47.4 cm³/mol. The Morgan fingerprint density at radius 1 is 1.55 bits per heavy atom. The summed E-state index contributed by atoms with van der Waals surface area (Å²) in [5, 5.41) is 12.7. The Balaban J connectivity index is 3.44. The van der Waals surface area contributed by atoms with E-state index in [0.29, 0.717) is 6.54 Å². The van der Waals surface area contributed by atoms with Crippen LogP contribution < -0.4 is 11.1 Å². The molecule has 1 unspecified atom stereocenters. The lowest BCUT2D eigenvalue weighted by molar-refractivity contribution is 0.0444. The summed E-state index contributed by atoms with van der Waals surface area (Å²) in [5.74, 6) is 0. The summed E-state index contributed by atoms with van der Waals surface area (Å²) in [6.07, 6.45) is 0.959. The van der Waals surface area contributed by atoms with Crippen LogP contribution in [0.1, 0.15) is 27.2 Å². The molecule has 0 spiro atoms. The van der Waals surface area contributed by atoms with Crippen molar-refractivity contribution in [2.75, 3.05) is 13.1 Å². The van der Waals surface area contributed by atoms with E-state index in [1.165, 1.54) is 0 Å². The summed E-state index contributed by atoms with van der Waals surface area (Å²) in [5.41, 5.74) is 4.68. The number of nitrogens with one attached hydrogen (secondary N) is 1. The second-order valence-electron chi connectivity index (χ2n) is 3.47. The molecule has 0 aliphatic rings. The van der Waals surface area contributed by atoms with Crippen molar-refractivity contribution >= 4 is 0 Å². The van der Waals surface area contributed by atoms with Crippen molar-refractivity contribution in [3.8, 4) is 0 Å². The maximum absolute atomic E-state index is 9.49. The molecule has 0 radical (unpaired) electrons. The van der Waals surface area contributed by atoms with Crippen molar-refractivity contribution in [3.63, 3.8) is 0 Å². The van der Waals surface area contributed by atoms with Gasteiger partial charge in [-0.2, -0.15) is 0 Å². The minimum Gasteiger partial charge on any atom is -0.389 e. The predicted octanol–water partition coefficient (Wildman–Crippen LogP) is 0.0842. The highest BCUT2D eigenvalue weighted by Crippen LogP contribution is 2.06. The molecular formula is C8H20N2O. The fraction of sp³-hybridized carbons (Fsp3) is 1.00. The van der Waals surface area contributed by atoms with Crippen LogP contribution in [0.3, 0.4) is 0 Å². The van der Waals surface area contributed by atoms with Gasteiger partial charge in [-0.05, 0) is 40.3 Å². The molecule has 0 amide bonds. The highest BCUT2D eigenvalue weighted by atomic mass is 16.3. The number of aliphatic hydroxyl groups is 1. The molecule has 0 aromatic carbocycles. The third kappa shape index (κ3) is 5.18. The van der Waals surface area contributed by atoms with E-state index in [-0.39, 0.29) is 6.04 Å². The molecule has 0 aliphatic heterocycles. The molecule has 0 aliphatic carbocycles. The van der Waals surface area contributed by atoms with E-state index in [0.717, 1.165) is 13.0 Å². The lowest BCUT2D eigenvalue weighted by Crippen LogP contribution is -2.45. The molecule has 68 valence electrons. The zero-order chi connectivity index (χ0) is 8.91. The Labute approximate surface area is 69.0 Å². The van der Waals surface area contributed by atoms with Crippen molar-refractivity contribution in [3.05, 3.63) is 0 Å². The van der Waals surface area contributed by atoms with Gasteiger partial charge in [-0.25, -0.2) is 0 Å². The quantitative estimate of drug-likeness (QED) is 0.499. The average Bonchev–Trinajstić information content (AvgIpc) is 1.86. The van der Waals surface area contributed by atoms with E-state index in [2.05, 4.69) is 5.32 Å². The Morgan fingerprint density at radius 2 is 2.09 bits per heavy atom. The molecule has 0 saturated heterocycles. The van der Waals surface area contributed by atoms with Gasteiger partial charge in [0.15, 0.2) is 0 Å². The minimum atomic E-state index is -0.644. The van der Waals surface area contributed by atoms with Crippen LogP contribution in [-0.4, -0.2) is 29.8 Å². The third-order valence-electron chi connectivity index (χ3n) is 1.89. The first-order valence-corrected chi connectivity index (χ1v) is 4.14. The molecular weight excluding hydrogens is 140 g/mol. The van der Waals surface area contributed by atoms with Crippen LogP contribution in [0.15, 0.2) is 0 Å². The summed E-state index contributed by atoms with van der Waals surface area (Å²) >= 11 is 0. The van der Waals surface area contributed by atoms with Gasteiger partial charge in [0.1, 0.15) is 0 Å². The van der Waals surface area contributed by atoms with Crippen LogP contribution in [0, 0.1) is 0 Å². The molecule has 0 aromatic heterocycles. The Morgan fingerprint density at radius 3 is 2.45 bits per heavy atom. The van der Waals surface area contributed by atoms with Gasteiger partial charge >= 0.3 is 0 Å². The lowest BCUT2D eigenvalue weighted by atomic mass is 10.0. The van der Waals surface area contributed by atoms with Crippen molar-refractivity contribution in [2.45, 2.75) is 38.8 Å². The molecule has 0 rings (SSSR count). The molecule has 11 heavy (non-hydrogen) atoms. The van der Waals surface area contributed by atoms with Crippen LogP contribution in [0.2, 0.25) is 0 Å². The molecule has 3 heteroatoms. The smallest absolute Gasteiger partial charge is 0.0741 e. The lowest BCUT2D eigenvalue weighted by Gasteiger charge is -2.26. The molecule has 0 fully saturated rings. The molecule has 1 atom stereocenters. The fourth-order valence-electron chi connectivity index (χ4n) is 0.670. The maximum atomic E-state index is 9.49. The van der Waals surface area contributed by atoms with E-state index in [1.807, 2.05) is 6.92 Å². The van der Waals surface area contributed by atoms with E-state index >= 15 is 0 Å². The topological polar surface area (TPSA) is 58.3 Å². The van der Waals surface area contributed by atoms with E-state index in [1.54, 1.807) is 13.8 Å². The molecule has 0 aromatic rings. The second kappa shape index (κ2) is 4.70. The van der Waals surface area contributed by atoms with E-state index in [4.69, 9.17) is 5.73 Å². The molecule has 4 N–H and O–H groups in total. The fourth-order valence-corrected chi connectivity index (χ4v) is 0.670. The second-order valence-corrected chi connectivity index (χ2v) is 3.47.